The van der Waals surface area contributed by atoms with Gasteiger partial charge < -0.3 is 40.1 Å². The fourth-order valence-electron chi connectivity index (χ4n) is 6.07. The number of hydrogen-bond acceptors (Lipinski definition) is 20. The zero-order chi connectivity index (χ0) is 50.2. The Balaban J connectivity index is 0.000000376. The smallest absolute Gasteiger partial charge is 0.333 e. The van der Waals surface area contributed by atoms with Crippen molar-refractivity contribution >= 4 is 93.2 Å². The Labute approximate surface area is 406 Å². The highest BCUT2D eigenvalue weighted by atomic mass is 32.2. The summed E-state index contributed by atoms with van der Waals surface area (Å²) in [4.78, 5) is 52.0. The number of azo groups is 2. The minimum atomic E-state index is -0.508. The molecule has 2 aromatic carbocycles. The van der Waals surface area contributed by atoms with E-state index in [1.165, 1.54) is 23.9 Å². The first kappa shape index (κ1) is 55.9. The Morgan fingerprint density at radius 3 is 1.43 bits per heavy atom. The van der Waals surface area contributed by atoms with Crippen molar-refractivity contribution < 1.29 is 38.9 Å². The minimum absolute atomic E-state index is 0.0624. The maximum atomic E-state index is 12.5. The molecule has 2 heterocycles. The van der Waals surface area contributed by atoms with Gasteiger partial charge in [0.05, 0.1) is 49.8 Å². The Hall–Kier alpha value is -6.46. The molecule has 0 radical (unpaired) electrons. The van der Waals surface area contributed by atoms with Crippen LogP contribution in [-0.4, -0.2) is 109 Å². The van der Waals surface area contributed by atoms with E-state index in [1.54, 1.807) is 64.1 Å². The number of ether oxygens (including phenoxy) is 2. The van der Waals surface area contributed by atoms with Crippen LogP contribution in [0.3, 0.4) is 0 Å². The lowest BCUT2D eigenvalue weighted by molar-refractivity contribution is -0.139. The molecule has 2 amide bonds. The van der Waals surface area contributed by atoms with Crippen molar-refractivity contribution in [3.63, 3.8) is 0 Å². The molecule has 0 bridgehead atoms. The summed E-state index contributed by atoms with van der Waals surface area (Å²) in [5.41, 5.74) is 5.17. The number of carbonyl (C=O) groups excluding carboxylic acids is 4. The third-order valence-electron chi connectivity index (χ3n) is 9.73. The second kappa shape index (κ2) is 29.3. The molecule has 0 aromatic heterocycles. The van der Waals surface area contributed by atoms with E-state index in [0.717, 1.165) is 11.4 Å². The summed E-state index contributed by atoms with van der Waals surface area (Å²) in [6.45, 7) is 18.9. The molecular weight excluding hydrogens is 913 g/mol. The molecule has 68 heavy (non-hydrogen) atoms. The second-order valence-electron chi connectivity index (χ2n) is 15.4. The van der Waals surface area contributed by atoms with Gasteiger partial charge in [0, 0.05) is 83.8 Å². The number of aliphatic hydroxyl groups is 2. The van der Waals surface area contributed by atoms with Crippen LogP contribution in [0.1, 0.15) is 67.2 Å². The highest BCUT2D eigenvalue weighted by molar-refractivity contribution is 7.99. The number of nitrogens with one attached hydrogen (secondary N) is 2. The van der Waals surface area contributed by atoms with Crippen molar-refractivity contribution in [2.24, 2.45) is 41.1 Å². The third kappa shape index (κ3) is 17.6. The average Bonchev–Trinajstić information content (AvgIpc) is 3.86. The van der Waals surface area contributed by atoms with Gasteiger partial charge in [0.2, 0.25) is 11.8 Å². The summed E-state index contributed by atoms with van der Waals surface area (Å²) >= 11 is 2.38. The summed E-state index contributed by atoms with van der Waals surface area (Å²) in [6, 6.07) is 14.8. The zero-order valence-electron chi connectivity index (χ0n) is 39.3. The van der Waals surface area contributed by atoms with Gasteiger partial charge >= 0.3 is 11.9 Å². The van der Waals surface area contributed by atoms with Gasteiger partial charge in [0.15, 0.2) is 10.7 Å². The number of esters is 2. The van der Waals surface area contributed by atoms with Crippen LogP contribution in [0.15, 0.2) is 90.0 Å². The normalized spacial score (nSPS) is 17.2. The minimum Gasteiger partial charge on any atom is -0.460 e. The SMILES string of the molecule is C=C(C)C(=O)OCCN(CCOC(=O)C(=C)C)c1ccc(N=NC2SN=C(C)C2C#N)c(NC(=O)CCC)c1.CCCC(=O)Nc1cc(N(CCO)CCO)ccc1N=NC1SN=C(C)C1C#N. The third-order valence-corrected chi connectivity index (χ3v) is 11.7. The van der Waals surface area contributed by atoms with Gasteiger partial charge in [-0.25, -0.2) is 18.4 Å². The maximum Gasteiger partial charge on any atom is 0.333 e. The number of nitrogens with zero attached hydrogens (tertiary/aromatic N) is 10. The molecule has 0 spiro atoms. The summed E-state index contributed by atoms with van der Waals surface area (Å²) in [7, 11) is 0. The van der Waals surface area contributed by atoms with Gasteiger partial charge in [0.1, 0.15) is 36.4 Å². The van der Waals surface area contributed by atoms with E-state index >= 15 is 0 Å². The molecule has 2 aromatic rings. The van der Waals surface area contributed by atoms with Gasteiger partial charge in [-0.15, -0.1) is 0 Å². The Morgan fingerprint density at radius 1 is 0.706 bits per heavy atom. The summed E-state index contributed by atoms with van der Waals surface area (Å²) in [6.07, 6.45) is 2.07. The molecule has 0 saturated carbocycles. The molecule has 2 aliphatic heterocycles. The average molecular weight is 973 g/mol. The van der Waals surface area contributed by atoms with Crippen molar-refractivity contribution in [2.45, 2.75) is 78.0 Å². The van der Waals surface area contributed by atoms with Gasteiger partial charge in [0.25, 0.3) is 0 Å². The van der Waals surface area contributed by atoms with Gasteiger partial charge in [-0.2, -0.15) is 31.0 Å². The molecule has 4 N–H and O–H groups in total. The molecular formula is C46H60N12O8S2. The molecule has 0 aliphatic carbocycles. The van der Waals surface area contributed by atoms with E-state index < -0.39 is 34.5 Å². The predicted octanol–water partition coefficient (Wildman–Crippen LogP) is 8.03. The van der Waals surface area contributed by atoms with Crippen molar-refractivity contribution in [3.8, 4) is 12.1 Å². The number of benzene rings is 2. The standard InChI is InChI=1S/C27H34N6O5S.C19H26N6O3S/c1-7-8-24(34)29-23-15-20(9-10-22(23)30-31-25-21(16-28)19(6)32-39-25)33(11-13-37-26(35)17(2)3)12-14-38-27(36)18(4)5;1-3-4-18(28)21-17-11-14(25(7-9-26)8-10-27)5-6-16(17)22-23-19-15(12-20)13(2)24-29-19/h9-10,15,21,25H,2,4,7-8,11-14H2,1,3,5-6H3,(H,29,34);5-6,11,15,19,26-27H,3-4,7-10H2,1-2H3,(H,21,28). The largest absolute Gasteiger partial charge is 0.460 e. The number of anilines is 4. The van der Waals surface area contributed by atoms with Crippen molar-refractivity contribution in [1.82, 2.24) is 0 Å². The van der Waals surface area contributed by atoms with Gasteiger partial charge in [-0.3, -0.25) is 9.59 Å². The quantitative estimate of drug-likeness (QED) is 0.0335. The van der Waals surface area contributed by atoms with Gasteiger partial charge in [-0.1, -0.05) is 27.0 Å². The number of aliphatic hydroxyl groups excluding tert-OH is 2. The van der Waals surface area contributed by atoms with Crippen LogP contribution < -0.4 is 20.4 Å². The highest BCUT2D eigenvalue weighted by Gasteiger charge is 2.31. The van der Waals surface area contributed by atoms with E-state index in [-0.39, 0.29) is 62.5 Å². The molecule has 0 fully saturated rings. The van der Waals surface area contributed by atoms with Crippen molar-refractivity contribution in [2.75, 3.05) is 73.0 Å². The first-order valence-corrected chi connectivity index (χ1v) is 23.5. The van der Waals surface area contributed by atoms with Crippen LogP contribution in [0.4, 0.5) is 34.1 Å². The summed E-state index contributed by atoms with van der Waals surface area (Å²) in [5.74, 6) is -2.24. The van der Waals surface area contributed by atoms with Gasteiger partial charge in [-0.05, 0) is 76.9 Å². The lowest BCUT2D eigenvalue weighted by Crippen LogP contribution is -2.32. The lowest BCUT2D eigenvalue weighted by Gasteiger charge is -2.25. The van der Waals surface area contributed by atoms with Crippen molar-refractivity contribution in [3.05, 3.63) is 60.7 Å². The molecule has 22 heteroatoms. The number of rotatable bonds is 24. The predicted molar refractivity (Wildman–Crippen MR) is 266 cm³/mol. The Kier molecular flexibility index (Phi) is 24.1. The molecule has 0 saturated heterocycles. The van der Waals surface area contributed by atoms with Crippen LogP contribution in [0.25, 0.3) is 0 Å². The highest BCUT2D eigenvalue weighted by Crippen LogP contribution is 2.37. The van der Waals surface area contributed by atoms with Crippen LogP contribution in [0, 0.1) is 34.5 Å². The first-order valence-electron chi connectivity index (χ1n) is 21.9. The topological polar surface area (TPSA) is 279 Å². The monoisotopic (exact) mass is 972 g/mol. The Morgan fingerprint density at radius 2 is 1.09 bits per heavy atom. The molecule has 364 valence electrons. The van der Waals surface area contributed by atoms with E-state index in [9.17, 15) is 39.9 Å². The fraction of sp³-hybridized carbons (Fsp3) is 0.478. The summed E-state index contributed by atoms with van der Waals surface area (Å²) < 4.78 is 18.9. The molecule has 20 nitrogen and oxygen atoms in total. The van der Waals surface area contributed by atoms with E-state index in [4.69, 9.17) is 9.47 Å². The molecule has 4 rings (SSSR count). The van der Waals surface area contributed by atoms with Crippen molar-refractivity contribution in [1.29, 1.82) is 10.5 Å². The molecule has 4 atom stereocenters. The van der Waals surface area contributed by atoms with Crippen LogP contribution >= 0.6 is 23.9 Å². The Bertz CT molecular complexity index is 2290. The number of carbonyl (C=O) groups is 4. The van der Waals surface area contributed by atoms with E-state index in [0.29, 0.717) is 72.9 Å². The maximum absolute atomic E-state index is 12.5. The number of hydrogen-bond donors (Lipinski definition) is 4. The lowest BCUT2D eigenvalue weighted by atomic mass is 10.1. The number of amides is 2. The van der Waals surface area contributed by atoms with Crippen LogP contribution in [0.2, 0.25) is 0 Å². The molecule has 4 unspecified atom stereocenters. The fourth-order valence-corrected chi connectivity index (χ4v) is 7.78. The zero-order valence-corrected chi connectivity index (χ0v) is 40.9. The van der Waals surface area contributed by atoms with Crippen LogP contribution in [-0.2, 0) is 28.7 Å². The number of nitriles is 2. The van der Waals surface area contributed by atoms with E-state index in [2.05, 4.69) is 65.2 Å². The van der Waals surface area contributed by atoms with Crippen LogP contribution in [0.5, 0.6) is 0 Å². The second-order valence-corrected chi connectivity index (χ2v) is 17.1. The first-order chi connectivity index (χ1) is 32.6. The summed E-state index contributed by atoms with van der Waals surface area (Å²) in [5, 5.41) is 59.3. The van der Waals surface area contributed by atoms with E-state index in [1.807, 2.05) is 23.6 Å². The molecule has 2 aliphatic rings.